The van der Waals surface area contributed by atoms with Crippen molar-refractivity contribution >= 4 is 21.9 Å². The summed E-state index contributed by atoms with van der Waals surface area (Å²) in [5.74, 6) is -0.915. The number of aromatic carboxylic acids is 1. The Balaban J connectivity index is 2.55. The van der Waals surface area contributed by atoms with Gasteiger partial charge < -0.3 is 14.4 Å². The molecule has 2 aromatic rings. The van der Waals surface area contributed by atoms with E-state index in [2.05, 4.69) is 15.9 Å². The summed E-state index contributed by atoms with van der Waals surface area (Å²) in [6.07, 6.45) is 0.831. The maximum Gasteiger partial charge on any atom is 0.338 e. The summed E-state index contributed by atoms with van der Waals surface area (Å²) in [7, 11) is 1.67. The monoisotopic (exact) mass is 351 g/mol. The lowest BCUT2D eigenvalue weighted by molar-refractivity contribution is 0.0695. The number of hydrogen-bond acceptors (Lipinski definition) is 2. The van der Waals surface area contributed by atoms with E-state index in [9.17, 15) is 9.90 Å². The summed E-state index contributed by atoms with van der Waals surface area (Å²) in [6, 6.07) is 9.81. The quantitative estimate of drug-likeness (QED) is 0.801. The van der Waals surface area contributed by atoms with Crippen LogP contribution in [0.1, 0.15) is 22.5 Å². The number of hydrogen-bond donors (Lipinski definition) is 1. The maximum atomic E-state index is 11.5. The van der Waals surface area contributed by atoms with Gasteiger partial charge in [0.2, 0.25) is 0 Å². The Kier molecular flexibility index (Phi) is 5.20. The van der Waals surface area contributed by atoms with Crippen molar-refractivity contribution in [3.63, 3.8) is 0 Å². The van der Waals surface area contributed by atoms with Crippen LogP contribution in [-0.2, 0) is 11.3 Å². The lowest BCUT2D eigenvalue weighted by atomic mass is 10.1. The van der Waals surface area contributed by atoms with Gasteiger partial charge in [-0.05, 0) is 34.8 Å². The van der Waals surface area contributed by atoms with Gasteiger partial charge in [0.1, 0.15) is 0 Å². The summed E-state index contributed by atoms with van der Waals surface area (Å²) in [5.41, 5.74) is 2.98. The minimum Gasteiger partial charge on any atom is -0.478 e. The largest absolute Gasteiger partial charge is 0.478 e. The summed E-state index contributed by atoms with van der Waals surface area (Å²) in [4.78, 5) is 11.5. The number of methoxy groups -OCH3 is 1. The molecule has 2 rings (SSSR count). The average Bonchev–Trinajstić information content (AvgIpc) is 2.71. The number of carboxylic acid groups (broad SMARTS) is 1. The van der Waals surface area contributed by atoms with Crippen molar-refractivity contribution in [2.45, 2.75) is 19.9 Å². The number of nitrogens with zero attached hydrogens (tertiary/aromatic N) is 1. The minimum absolute atomic E-state index is 0.325. The van der Waals surface area contributed by atoms with Crippen LogP contribution in [0.2, 0.25) is 0 Å². The number of rotatable bonds is 6. The Labute approximate surface area is 132 Å². The average molecular weight is 352 g/mol. The zero-order chi connectivity index (χ0) is 15.4. The van der Waals surface area contributed by atoms with E-state index in [0.29, 0.717) is 16.6 Å². The van der Waals surface area contributed by atoms with Crippen molar-refractivity contribution in [1.29, 1.82) is 0 Å². The number of halogens is 1. The predicted molar refractivity (Wildman–Crippen MR) is 85.8 cm³/mol. The zero-order valence-electron chi connectivity index (χ0n) is 12.1. The van der Waals surface area contributed by atoms with Gasteiger partial charge in [-0.15, -0.1) is 0 Å². The molecule has 4 nitrogen and oxygen atoms in total. The second kappa shape index (κ2) is 6.91. The number of carbonyl (C=O) groups is 1. The van der Waals surface area contributed by atoms with E-state index in [1.54, 1.807) is 7.11 Å². The van der Waals surface area contributed by atoms with Crippen molar-refractivity contribution in [3.8, 4) is 11.3 Å². The zero-order valence-corrected chi connectivity index (χ0v) is 13.7. The third kappa shape index (κ3) is 3.19. The van der Waals surface area contributed by atoms with Crippen molar-refractivity contribution < 1.29 is 14.6 Å². The summed E-state index contributed by atoms with van der Waals surface area (Å²) < 4.78 is 7.77. The fourth-order valence-electron chi connectivity index (χ4n) is 2.47. The highest BCUT2D eigenvalue weighted by molar-refractivity contribution is 9.10. The first-order valence-electron chi connectivity index (χ1n) is 6.74. The number of carboxylic acids is 1. The SMILES string of the molecule is COCCCn1c(C)c(C(=O)O)c(Br)c1-c1ccccc1. The lowest BCUT2D eigenvalue weighted by Crippen LogP contribution is -2.06. The molecule has 0 saturated heterocycles. The van der Waals surface area contributed by atoms with Gasteiger partial charge in [0.05, 0.1) is 15.7 Å². The Morgan fingerprint density at radius 3 is 2.57 bits per heavy atom. The van der Waals surface area contributed by atoms with Gasteiger partial charge >= 0.3 is 5.97 Å². The van der Waals surface area contributed by atoms with Gasteiger partial charge in [-0.1, -0.05) is 30.3 Å². The molecule has 21 heavy (non-hydrogen) atoms. The Hall–Kier alpha value is -1.59. The first-order valence-corrected chi connectivity index (χ1v) is 7.53. The molecular formula is C16H18BrNO3. The van der Waals surface area contributed by atoms with E-state index in [-0.39, 0.29) is 0 Å². The van der Waals surface area contributed by atoms with Crippen molar-refractivity contribution in [3.05, 3.63) is 46.1 Å². The third-order valence-corrected chi connectivity index (χ3v) is 4.23. The van der Waals surface area contributed by atoms with Crippen LogP contribution in [0, 0.1) is 6.92 Å². The molecule has 0 fully saturated rings. The van der Waals surface area contributed by atoms with Crippen LogP contribution in [0.25, 0.3) is 11.3 Å². The highest BCUT2D eigenvalue weighted by Gasteiger charge is 2.23. The van der Waals surface area contributed by atoms with E-state index < -0.39 is 5.97 Å². The summed E-state index contributed by atoms with van der Waals surface area (Å²) in [5, 5.41) is 9.43. The van der Waals surface area contributed by atoms with Gasteiger partial charge in [0, 0.05) is 26.0 Å². The van der Waals surface area contributed by atoms with Gasteiger partial charge in [0.25, 0.3) is 0 Å². The van der Waals surface area contributed by atoms with Crippen LogP contribution in [0.4, 0.5) is 0 Å². The van der Waals surface area contributed by atoms with Crippen LogP contribution in [0.3, 0.4) is 0 Å². The highest BCUT2D eigenvalue weighted by Crippen LogP contribution is 2.36. The van der Waals surface area contributed by atoms with Gasteiger partial charge in [0.15, 0.2) is 0 Å². The second-order valence-electron chi connectivity index (χ2n) is 4.79. The van der Waals surface area contributed by atoms with Crippen LogP contribution < -0.4 is 0 Å². The van der Waals surface area contributed by atoms with Gasteiger partial charge in [-0.2, -0.15) is 0 Å². The van der Waals surface area contributed by atoms with Crippen molar-refractivity contribution in [1.82, 2.24) is 4.57 Å². The van der Waals surface area contributed by atoms with E-state index in [1.807, 2.05) is 41.8 Å². The van der Waals surface area contributed by atoms with E-state index in [4.69, 9.17) is 4.74 Å². The highest BCUT2D eigenvalue weighted by atomic mass is 79.9. The summed E-state index contributed by atoms with van der Waals surface area (Å²) in [6.45, 7) is 3.20. The Bertz CT molecular complexity index is 635. The number of ether oxygens (including phenoxy) is 1. The Morgan fingerprint density at radius 2 is 2.00 bits per heavy atom. The first kappa shape index (κ1) is 15.8. The maximum absolute atomic E-state index is 11.5. The molecule has 0 atom stereocenters. The molecule has 0 radical (unpaired) electrons. The van der Waals surface area contributed by atoms with Gasteiger partial charge in [-0.3, -0.25) is 0 Å². The second-order valence-corrected chi connectivity index (χ2v) is 5.59. The molecule has 0 spiro atoms. The predicted octanol–water partition coefficient (Wildman–Crippen LogP) is 3.96. The first-order chi connectivity index (χ1) is 10.1. The number of aromatic nitrogens is 1. The van der Waals surface area contributed by atoms with E-state index >= 15 is 0 Å². The minimum atomic E-state index is -0.915. The standard InChI is InChI=1S/C16H18BrNO3/c1-11-13(16(19)20)14(17)15(12-7-4-3-5-8-12)18(11)9-6-10-21-2/h3-5,7-8H,6,9-10H2,1-2H3,(H,19,20). The summed E-state index contributed by atoms with van der Waals surface area (Å²) >= 11 is 3.47. The van der Waals surface area contributed by atoms with Crippen LogP contribution in [0.5, 0.6) is 0 Å². The van der Waals surface area contributed by atoms with Crippen molar-refractivity contribution in [2.24, 2.45) is 0 Å². The molecule has 0 aliphatic heterocycles. The molecular weight excluding hydrogens is 334 g/mol. The van der Waals surface area contributed by atoms with Crippen LogP contribution in [-0.4, -0.2) is 29.4 Å². The van der Waals surface area contributed by atoms with Crippen LogP contribution in [0.15, 0.2) is 34.8 Å². The molecule has 5 heteroatoms. The molecule has 112 valence electrons. The molecule has 1 aromatic heterocycles. The fraction of sp³-hybridized carbons (Fsp3) is 0.312. The molecule has 0 aliphatic carbocycles. The molecule has 0 bridgehead atoms. The molecule has 0 aliphatic rings. The normalized spacial score (nSPS) is 10.8. The smallest absolute Gasteiger partial charge is 0.338 e. The Morgan fingerprint density at radius 1 is 1.33 bits per heavy atom. The number of benzene rings is 1. The lowest BCUT2D eigenvalue weighted by Gasteiger charge is -2.12. The molecule has 1 heterocycles. The molecule has 1 N–H and O–H groups in total. The third-order valence-electron chi connectivity index (χ3n) is 3.46. The fourth-order valence-corrected chi connectivity index (χ4v) is 3.37. The molecule has 0 amide bonds. The van der Waals surface area contributed by atoms with E-state index in [0.717, 1.165) is 29.9 Å². The van der Waals surface area contributed by atoms with Crippen LogP contribution >= 0.6 is 15.9 Å². The van der Waals surface area contributed by atoms with E-state index in [1.165, 1.54) is 0 Å². The molecule has 0 unspecified atom stereocenters. The molecule has 0 saturated carbocycles. The molecule has 1 aromatic carbocycles. The van der Waals surface area contributed by atoms with Gasteiger partial charge in [-0.25, -0.2) is 4.79 Å². The van der Waals surface area contributed by atoms with Crippen molar-refractivity contribution in [2.75, 3.05) is 13.7 Å². The topological polar surface area (TPSA) is 51.5 Å².